The van der Waals surface area contributed by atoms with Crippen molar-refractivity contribution in [1.29, 1.82) is 0 Å². The zero-order valence-corrected chi connectivity index (χ0v) is 21.0. The minimum Gasteiger partial charge on any atom is -0.469 e. The molecule has 1 heterocycles. The lowest BCUT2D eigenvalue weighted by Crippen LogP contribution is -2.27. The summed E-state index contributed by atoms with van der Waals surface area (Å²) in [5, 5.41) is 0. The zero-order chi connectivity index (χ0) is 22.9. The van der Waals surface area contributed by atoms with Gasteiger partial charge < -0.3 is 14.2 Å². The Bertz CT molecular complexity index is 712. The van der Waals surface area contributed by atoms with Gasteiger partial charge in [-0.25, -0.2) is 4.98 Å². The SMILES string of the molecule is CC.CCCC.COC(=O)CCCc1nc2cc(N(CCCl)CCCl)ccc2n1C. The second-order valence-electron chi connectivity index (χ2n) is 6.55. The molecule has 0 atom stereocenters. The number of benzene rings is 1. The molecule has 7 heteroatoms. The van der Waals surface area contributed by atoms with Gasteiger partial charge in [0.2, 0.25) is 0 Å². The molecule has 0 saturated carbocycles. The normalized spacial score (nSPS) is 10.0. The fourth-order valence-corrected chi connectivity index (χ4v) is 3.13. The Labute approximate surface area is 192 Å². The van der Waals surface area contributed by atoms with Crippen molar-refractivity contribution in [3.8, 4) is 0 Å². The number of ether oxygens (including phenoxy) is 1. The third kappa shape index (κ3) is 9.57. The van der Waals surface area contributed by atoms with Crippen LogP contribution in [0.15, 0.2) is 18.2 Å². The average molecular weight is 460 g/mol. The number of alkyl halides is 2. The van der Waals surface area contributed by atoms with Crippen LogP contribution in [0.3, 0.4) is 0 Å². The van der Waals surface area contributed by atoms with Crippen molar-refractivity contribution in [2.45, 2.75) is 59.8 Å². The van der Waals surface area contributed by atoms with Crippen LogP contribution >= 0.6 is 23.2 Å². The van der Waals surface area contributed by atoms with E-state index in [1.54, 1.807) is 0 Å². The lowest BCUT2D eigenvalue weighted by Gasteiger charge is -2.22. The summed E-state index contributed by atoms with van der Waals surface area (Å²) >= 11 is 11.8. The van der Waals surface area contributed by atoms with Crippen LogP contribution in [0.4, 0.5) is 5.69 Å². The van der Waals surface area contributed by atoms with Gasteiger partial charge in [0.25, 0.3) is 0 Å². The number of esters is 1. The van der Waals surface area contributed by atoms with Crippen LogP contribution in [0.1, 0.15) is 59.2 Å². The highest BCUT2D eigenvalue weighted by Crippen LogP contribution is 2.23. The van der Waals surface area contributed by atoms with Crippen molar-refractivity contribution >= 4 is 45.9 Å². The number of carbonyl (C=O) groups is 1. The van der Waals surface area contributed by atoms with Gasteiger partial charge in [0.15, 0.2) is 0 Å². The van der Waals surface area contributed by atoms with Crippen molar-refractivity contribution in [3.05, 3.63) is 24.0 Å². The number of unbranched alkanes of at least 4 members (excludes halogenated alkanes) is 1. The number of hydrogen-bond donors (Lipinski definition) is 0. The molecule has 2 aromatic rings. The molecule has 1 aromatic carbocycles. The van der Waals surface area contributed by atoms with E-state index in [1.165, 1.54) is 20.0 Å². The Balaban J connectivity index is 0.00000125. The van der Waals surface area contributed by atoms with Gasteiger partial charge in [-0.3, -0.25) is 4.79 Å². The fourth-order valence-electron chi connectivity index (χ4n) is 2.73. The standard InChI is InChI=1S/C17H23Cl2N3O2.C4H10.C2H6/c1-21-15-7-6-13(22(10-8-18)11-9-19)12-14(15)20-16(21)4-3-5-17(23)24-2;1-3-4-2;1-2/h6-7,12H,3-5,8-11H2,1-2H3;3-4H2,1-2H3;1-2H3. The summed E-state index contributed by atoms with van der Waals surface area (Å²) in [6, 6.07) is 6.20. The predicted octanol–water partition coefficient (Wildman–Crippen LogP) is 6.19. The molecule has 0 unspecified atom stereocenters. The molecule has 0 N–H and O–H groups in total. The molecule has 0 radical (unpaired) electrons. The van der Waals surface area contributed by atoms with Gasteiger partial charge in [0.05, 0.1) is 18.1 Å². The number of imidazole rings is 1. The van der Waals surface area contributed by atoms with E-state index in [-0.39, 0.29) is 5.97 Å². The summed E-state index contributed by atoms with van der Waals surface area (Å²) in [6.07, 6.45) is 4.51. The van der Waals surface area contributed by atoms with E-state index < -0.39 is 0 Å². The first-order valence-electron chi connectivity index (χ1n) is 10.9. The molecule has 2 rings (SSSR count). The third-order valence-electron chi connectivity index (χ3n) is 4.54. The molecule has 0 saturated heterocycles. The van der Waals surface area contributed by atoms with E-state index in [9.17, 15) is 4.79 Å². The first-order valence-corrected chi connectivity index (χ1v) is 12.0. The number of halogens is 2. The molecule has 0 fully saturated rings. The van der Waals surface area contributed by atoms with Gasteiger partial charge in [0.1, 0.15) is 5.82 Å². The smallest absolute Gasteiger partial charge is 0.305 e. The van der Waals surface area contributed by atoms with E-state index in [2.05, 4.69) is 46.3 Å². The number of aromatic nitrogens is 2. The lowest BCUT2D eigenvalue weighted by atomic mass is 10.2. The molecule has 0 aliphatic heterocycles. The molecule has 172 valence electrons. The van der Waals surface area contributed by atoms with Crippen molar-refractivity contribution in [3.63, 3.8) is 0 Å². The molecular weight excluding hydrogens is 421 g/mol. The summed E-state index contributed by atoms with van der Waals surface area (Å²) in [7, 11) is 3.41. The summed E-state index contributed by atoms with van der Waals surface area (Å²) in [5.41, 5.74) is 3.09. The summed E-state index contributed by atoms with van der Waals surface area (Å²) in [5.74, 6) is 1.88. The number of fused-ring (bicyclic) bond motifs is 1. The van der Waals surface area contributed by atoms with E-state index in [4.69, 9.17) is 28.2 Å². The Hall–Kier alpha value is -1.46. The Morgan fingerprint density at radius 1 is 1.13 bits per heavy atom. The third-order valence-corrected chi connectivity index (χ3v) is 4.88. The molecule has 0 spiro atoms. The molecule has 0 aliphatic rings. The highest BCUT2D eigenvalue weighted by molar-refractivity contribution is 6.18. The molecule has 1 aromatic heterocycles. The number of anilines is 1. The number of rotatable bonds is 10. The van der Waals surface area contributed by atoms with Crippen LogP contribution in [0, 0.1) is 0 Å². The largest absolute Gasteiger partial charge is 0.469 e. The summed E-state index contributed by atoms with van der Waals surface area (Å²) < 4.78 is 6.75. The van der Waals surface area contributed by atoms with Gasteiger partial charge in [0, 0.05) is 50.4 Å². The maximum Gasteiger partial charge on any atom is 0.305 e. The van der Waals surface area contributed by atoms with Crippen molar-refractivity contribution < 1.29 is 9.53 Å². The van der Waals surface area contributed by atoms with Crippen molar-refractivity contribution in [2.24, 2.45) is 7.05 Å². The molecule has 5 nitrogen and oxygen atoms in total. The summed E-state index contributed by atoms with van der Waals surface area (Å²) in [4.78, 5) is 18.1. The Morgan fingerprint density at radius 3 is 2.23 bits per heavy atom. The summed E-state index contributed by atoms with van der Waals surface area (Å²) in [6.45, 7) is 9.86. The van der Waals surface area contributed by atoms with E-state index in [0.717, 1.165) is 48.5 Å². The highest BCUT2D eigenvalue weighted by Gasteiger charge is 2.12. The minimum absolute atomic E-state index is 0.186. The number of nitrogens with zero attached hydrogens (tertiary/aromatic N) is 3. The number of aryl methyl sites for hydroxylation is 2. The molecular formula is C23H39Cl2N3O2. The number of hydrogen-bond acceptors (Lipinski definition) is 4. The maximum absolute atomic E-state index is 11.2. The molecule has 30 heavy (non-hydrogen) atoms. The quantitative estimate of drug-likeness (QED) is 0.314. The maximum atomic E-state index is 11.2. The van der Waals surface area contributed by atoms with Gasteiger partial charge in [-0.05, 0) is 24.6 Å². The van der Waals surface area contributed by atoms with Crippen LogP contribution in [0.2, 0.25) is 0 Å². The second kappa shape index (κ2) is 17.2. The van der Waals surface area contributed by atoms with Crippen LogP contribution in [-0.2, 0) is 23.0 Å². The van der Waals surface area contributed by atoms with Gasteiger partial charge >= 0.3 is 5.97 Å². The average Bonchev–Trinajstić information content (AvgIpc) is 3.09. The van der Waals surface area contributed by atoms with Crippen LogP contribution in [-0.4, -0.2) is 47.5 Å². The van der Waals surface area contributed by atoms with Gasteiger partial charge in [-0.1, -0.05) is 40.5 Å². The second-order valence-corrected chi connectivity index (χ2v) is 7.31. The number of carbonyl (C=O) groups excluding carboxylic acids is 1. The van der Waals surface area contributed by atoms with Crippen molar-refractivity contribution in [1.82, 2.24) is 9.55 Å². The zero-order valence-electron chi connectivity index (χ0n) is 19.5. The predicted molar refractivity (Wildman–Crippen MR) is 131 cm³/mol. The number of methoxy groups -OCH3 is 1. The molecule has 0 aliphatic carbocycles. The lowest BCUT2D eigenvalue weighted by molar-refractivity contribution is -0.140. The monoisotopic (exact) mass is 459 g/mol. The first-order chi connectivity index (χ1) is 14.5. The van der Waals surface area contributed by atoms with Crippen LogP contribution in [0.5, 0.6) is 0 Å². The van der Waals surface area contributed by atoms with Gasteiger partial charge in [-0.2, -0.15) is 0 Å². The highest BCUT2D eigenvalue weighted by atomic mass is 35.5. The Kier molecular flexibility index (Phi) is 16.4. The molecule has 0 bridgehead atoms. The van der Waals surface area contributed by atoms with Crippen LogP contribution < -0.4 is 4.90 Å². The topological polar surface area (TPSA) is 47.4 Å². The van der Waals surface area contributed by atoms with E-state index in [0.29, 0.717) is 18.2 Å². The minimum atomic E-state index is -0.186. The molecule has 0 amide bonds. The van der Waals surface area contributed by atoms with Crippen LogP contribution in [0.25, 0.3) is 11.0 Å². The first kappa shape index (κ1) is 28.5. The van der Waals surface area contributed by atoms with Gasteiger partial charge in [-0.15, -0.1) is 23.2 Å². The van der Waals surface area contributed by atoms with E-state index >= 15 is 0 Å². The van der Waals surface area contributed by atoms with E-state index in [1.807, 2.05) is 20.9 Å². The Morgan fingerprint density at radius 2 is 1.73 bits per heavy atom. The fraction of sp³-hybridized carbons (Fsp3) is 0.652. The van der Waals surface area contributed by atoms with Crippen molar-refractivity contribution in [2.75, 3.05) is 36.9 Å².